The zero-order chi connectivity index (χ0) is 15.4. The van der Waals surface area contributed by atoms with Crippen LogP contribution in [0.1, 0.15) is 48.6 Å². The van der Waals surface area contributed by atoms with E-state index in [2.05, 4.69) is 40.8 Å². The van der Waals surface area contributed by atoms with Gasteiger partial charge in [-0.3, -0.25) is 10.5 Å². The number of nitrogens with one attached hydrogen (secondary N) is 1. The van der Waals surface area contributed by atoms with E-state index in [0.717, 1.165) is 37.3 Å². The lowest BCUT2D eigenvalue weighted by Gasteiger charge is -2.17. The summed E-state index contributed by atoms with van der Waals surface area (Å²) in [7, 11) is 1.98. The van der Waals surface area contributed by atoms with E-state index in [-0.39, 0.29) is 6.04 Å². The number of aryl methyl sites for hydroxylation is 3. The first-order valence-corrected chi connectivity index (χ1v) is 7.54. The van der Waals surface area contributed by atoms with Crippen molar-refractivity contribution >= 4 is 0 Å². The minimum absolute atomic E-state index is 0.0607. The van der Waals surface area contributed by atoms with Crippen LogP contribution in [-0.4, -0.2) is 19.3 Å². The van der Waals surface area contributed by atoms with Crippen molar-refractivity contribution in [1.29, 1.82) is 0 Å². The van der Waals surface area contributed by atoms with Gasteiger partial charge in [-0.05, 0) is 38.7 Å². The second-order valence-electron chi connectivity index (χ2n) is 5.51. The van der Waals surface area contributed by atoms with Crippen LogP contribution in [0.3, 0.4) is 0 Å². The molecule has 21 heavy (non-hydrogen) atoms. The molecule has 0 saturated heterocycles. The van der Waals surface area contributed by atoms with Gasteiger partial charge >= 0.3 is 0 Å². The van der Waals surface area contributed by atoms with Gasteiger partial charge in [0.2, 0.25) is 0 Å². The molecule has 0 amide bonds. The Labute approximate surface area is 126 Å². The maximum atomic E-state index is 5.75. The Balaban J connectivity index is 2.10. The van der Waals surface area contributed by atoms with Crippen molar-refractivity contribution in [2.75, 3.05) is 0 Å². The predicted molar refractivity (Wildman–Crippen MR) is 83.6 cm³/mol. The lowest BCUT2D eigenvalue weighted by atomic mass is 10.0. The molecule has 0 aliphatic carbocycles. The van der Waals surface area contributed by atoms with Crippen LogP contribution in [0, 0.1) is 13.8 Å². The SMILES string of the molecule is CCCn1ccnc1C(CCc1c(C)nn(C)c1C)NN. The molecule has 0 saturated carbocycles. The zero-order valence-corrected chi connectivity index (χ0v) is 13.4. The molecular weight excluding hydrogens is 264 g/mol. The number of nitrogens with zero attached hydrogens (tertiary/aromatic N) is 4. The Morgan fingerprint density at radius 1 is 1.38 bits per heavy atom. The molecule has 3 N–H and O–H groups in total. The van der Waals surface area contributed by atoms with Crippen LogP contribution in [-0.2, 0) is 20.0 Å². The molecule has 2 aromatic heterocycles. The van der Waals surface area contributed by atoms with Gasteiger partial charge < -0.3 is 4.57 Å². The van der Waals surface area contributed by atoms with Crippen molar-refractivity contribution in [2.24, 2.45) is 12.9 Å². The van der Waals surface area contributed by atoms with Gasteiger partial charge in [-0.2, -0.15) is 5.10 Å². The van der Waals surface area contributed by atoms with Gasteiger partial charge in [0, 0.05) is 31.7 Å². The Morgan fingerprint density at radius 3 is 2.71 bits per heavy atom. The van der Waals surface area contributed by atoms with E-state index >= 15 is 0 Å². The topological polar surface area (TPSA) is 73.7 Å². The average molecular weight is 290 g/mol. The third-order valence-corrected chi connectivity index (χ3v) is 4.07. The Kier molecular flexibility index (Phi) is 5.14. The number of nitrogens with two attached hydrogens (primary N) is 1. The summed E-state index contributed by atoms with van der Waals surface area (Å²) < 4.78 is 4.11. The van der Waals surface area contributed by atoms with Crippen molar-refractivity contribution in [3.05, 3.63) is 35.2 Å². The first-order chi connectivity index (χ1) is 10.1. The van der Waals surface area contributed by atoms with Crippen LogP contribution < -0.4 is 11.3 Å². The van der Waals surface area contributed by atoms with Crippen LogP contribution >= 0.6 is 0 Å². The van der Waals surface area contributed by atoms with E-state index in [0.29, 0.717) is 0 Å². The van der Waals surface area contributed by atoms with Crippen molar-refractivity contribution in [1.82, 2.24) is 24.8 Å². The smallest absolute Gasteiger partial charge is 0.127 e. The molecule has 0 aliphatic heterocycles. The number of hydrogen-bond acceptors (Lipinski definition) is 4. The fraction of sp³-hybridized carbons (Fsp3) is 0.600. The third-order valence-electron chi connectivity index (χ3n) is 4.07. The molecule has 0 fully saturated rings. The summed E-state index contributed by atoms with van der Waals surface area (Å²) in [6.45, 7) is 7.30. The van der Waals surface area contributed by atoms with Crippen LogP contribution in [0.5, 0.6) is 0 Å². The molecule has 0 radical (unpaired) electrons. The van der Waals surface area contributed by atoms with E-state index < -0.39 is 0 Å². The van der Waals surface area contributed by atoms with Crippen molar-refractivity contribution in [3.63, 3.8) is 0 Å². The molecule has 1 atom stereocenters. The van der Waals surface area contributed by atoms with Gasteiger partial charge in [0.15, 0.2) is 0 Å². The van der Waals surface area contributed by atoms with E-state index in [1.54, 1.807) is 0 Å². The quantitative estimate of drug-likeness (QED) is 0.602. The first kappa shape index (κ1) is 15.7. The van der Waals surface area contributed by atoms with Crippen molar-refractivity contribution < 1.29 is 0 Å². The molecule has 6 nitrogen and oxygen atoms in total. The van der Waals surface area contributed by atoms with Gasteiger partial charge in [-0.15, -0.1) is 0 Å². The van der Waals surface area contributed by atoms with Gasteiger partial charge in [-0.1, -0.05) is 6.92 Å². The number of imidazole rings is 1. The monoisotopic (exact) mass is 290 g/mol. The van der Waals surface area contributed by atoms with E-state index in [9.17, 15) is 0 Å². The van der Waals surface area contributed by atoms with Gasteiger partial charge in [0.05, 0.1) is 11.7 Å². The van der Waals surface area contributed by atoms with E-state index in [1.165, 1.54) is 11.3 Å². The number of aromatic nitrogens is 4. The van der Waals surface area contributed by atoms with E-state index in [4.69, 9.17) is 5.84 Å². The standard InChI is InChI=1S/C15H26N6/c1-5-9-21-10-8-17-15(21)14(18-16)7-6-13-11(2)19-20(4)12(13)3/h8,10,14,18H,5-7,9,16H2,1-4H3. The first-order valence-electron chi connectivity index (χ1n) is 7.54. The molecule has 6 heteroatoms. The highest BCUT2D eigenvalue weighted by Gasteiger charge is 2.17. The largest absolute Gasteiger partial charge is 0.334 e. The normalized spacial score (nSPS) is 12.8. The predicted octanol–water partition coefficient (Wildman–Crippen LogP) is 1.78. The molecule has 2 aromatic rings. The molecule has 1 unspecified atom stereocenters. The van der Waals surface area contributed by atoms with Crippen LogP contribution in [0.2, 0.25) is 0 Å². The molecule has 2 heterocycles. The average Bonchev–Trinajstić information content (AvgIpc) is 3.00. The molecule has 0 aliphatic rings. The number of hydrogen-bond donors (Lipinski definition) is 2. The van der Waals surface area contributed by atoms with Crippen molar-refractivity contribution in [2.45, 2.75) is 52.6 Å². The Hall–Kier alpha value is -1.66. The summed E-state index contributed by atoms with van der Waals surface area (Å²) in [5.41, 5.74) is 6.54. The van der Waals surface area contributed by atoms with Crippen LogP contribution in [0.15, 0.2) is 12.4 Å². The maximum Gasteiger partial charge on any atom is 0.127 e. The van der Waals surface area contributed by atoms with Gasteiger partial charge in [0.1, 0.15) is 5.82 Å². The van der Waals surface area contributed by atoms with E-state index in [1.807, 2.05) is 24.1 Å². The van der Waals surface area contributed by atoms with Gasteiger partial charge in [-0.25, -0.2) is 10.4 Å². The number of hydrazine groups is 1. The molecular formula is C15H26N6. The second kappa shape index (κ2) is 6.87. The molecule has 0 spiro atoms. The molecule has 116 valence electrons. The minimum atomic E-state index is 0.0607. The number of rotatable bonds is 7. The fourth-order valence-electron chi connectivity index (χ4n) is 2.82. The molecule has 0 bridgehead atoms. The second-order valence-corrected chi connectivity index (χ2v) is 5.51. The summed E-state index contributed by atoms with van der Waals surface area (Å²) >= 11 is 0. The Morgan fingerprint density at radius 2 is 2.14 bits per heavy atom. The maximum absolute atomic E-state index is 5.75. The summed E-state index contributed by atoms with van der Waals surface area (Å²) in [6, 6.07) is 0.0607. The Bertz CT molecular complexity index is 583. The van der Waals surface area contributed by atoms with Gasteiger partial charge in [0.25, 0.3) is 0 Å². The summed E-state index contributed by atoms with van der Waals surface area (Å²) in [4.78, 5) is 4.47. The van der Waals surface area contributed by atoms with Crippen LogP contribution in [0.4, 0.5) is 0 Å². The molecule has 0 aromatic carbocycles. The highest BCUT2D eigenvalue weighted by Crippen LogP contribution is 2.21. The lowest BCUT2D eigenvalue weighted by Crippen LogP contribution is -2.30. The minimum Gasteiger partial charge on any atom is -0.334 e. The summed E-state index contributed by atoms with van der Waals surface area (Å²) in [6.07, 6.45) is 6.80. The summed E-state index contributed by atoms with van der Waals surface area (Å²) in [5, 5.41) is 4.47. The zero-order valence-electron chi connectivity index (χ0n) is 13.4. The molecule has 2 rings (SSSR count). The van der Waals surface area contributed by atoms with Crippen LogP contribution in [0.25, 0.3) is 0 Å². The highest BCUT2D eigenvalue weighted by atomic mass is 15.3. The fourth-order valence-corrected chi connectivity index (χ4v) is 2.82. The highest BCUT2D eigenvalue weighted by molar-refractivity contribution is 5.24. The lowest BCUT2D eigenvalue weighted by molar-refractivity contribution is 0.463. The van der Waals surface area contributed by atoms with Crippen molar-refractivity contribution in [3.8, 4) is 0 Å². The third kappa shape index (κ3) is 3.33. The summed E-state index contributed by atoms with van der Waals surface area (Å²) in [5.74, 6) is 6.76.